The Morgan fingerprint density at radius 1 is 0.722 bits per heavy atom. The molecule has 0 fully saturated rings. The lowest BCUT2D eigenvalue weighted by atomic mass is 9.92. The lowest BCUT2D eigenvalue weighted by Gasteiger charge is -2.14. The average molecular weight is 510 g/mol. The third kappa shape index (κ3) is 21.4. The van der Waals surface area contributed by atoms with Crippen molar-refractivity contribution in [2.75, 3.05) is 6.54 Å². The minimum atomic E-state index is -1.13. The van der Waals surface area contributed by atoms with E-state index < -0.39 is 18.1 Å². The SMILES string of the molecule is BC(=O)C(N)CCCCNC(=O)CCC(NC(=O)CCCCCCCCCCCCCCC)C(=O)O. The molecule has 0 aromatic carbocycles. The summed E-state index contributed by atoms with van der Waals surface area (Å²) in [5.41, 5.74) is 5.62. The van der Waals surface area contributed by atoms with E-state index in [9.17, 15) is 24.3 Å². The molecule has 0 radical (unpaired) electrons. The van der Waals surface area contributed by atoms with Crippen LogP contribution in [0.25, 0.3) is 0 Å². The highest BCUT2D eigenvalue weighted by Crippen LogP contribution is 2.13. The van der Waals surface area contributed by atoms with Crippen LogP contribution in [0.2, 0.25) is 0 Å². The smallest absolute Gasteiger partial charge is 0.326 e. The van der Waals surface area contributed by atoms with Crippen LogP contribution in [0.15, 0.2) is 0 Å². The Morgan fingerprint density at radius 3 is 1.75 bits per heavy atom. The Morgan fingerprint density at radius 2 is 1.25 bits per heavy atom. The van der Waals surface area contributed by atoms with Crippen molar-refractivity contribution in [3.05, 3.63) is 0 Å². The van der Waals surface area contributed by atoms with Crippen molar-refractivity contribution in [1.82, 2.24) is 10.6 Å². The highest BCUT2D eigenvalue weighted by Gasteiger charge is 2.20. The summed E-state index contributed by atoms with van der Waals surface area (Å²) in [6, 6.07) is -1.51. The number of hydrogen-bond donors (Lipinski definition) is 4. The first kappa shape index (κ1) is 34.1. The van der Waals surface area contributed by atoms with Crippen molar-refractivity contribution < 1.29 is 24.3 Å². The molecular weight excluding hydrogens is 457 g/mol. The molecule has 2 unspecified atom stereocenters. The van der Waals surface area contributed by atoms with Crippen LogP contribution < -0.4 is 16.4 Å². The van der Waals surface area contributed by atoms with Gasteiger partial charge in [0.05, 0.1) is 11.7 Å². The molecule has 36 heavy (non-hydrogen) atoms. The number of carboxylic acid groups (broad SMARTS) is 1. The van der Waals surface area contributed by atoms with Crippen LogP contribution in [-0.2, 0) is 19.2 Å². The number of unbranched alkanes of at least 4 members (excludes halogenated alkanes) is 13. The van der Waals surface area contributed by atoms with E-state index >= 15 is 0 Å². The molecule has 0 aliphatic rings. The van der Waals surface area contributed by atoms with Gasteiger partial charge in [0.2, 0.25) is 11.8 Å². The third-order valence-corrected chi connectivity index (χ3v) is 6.59. The fourth-order valence-electron chi connectivity index (χ4n) is 4.11. The summed E-state index contributed by atoms with van der Waals surface area (Å²) in [5, 5.41) is 14.7. The van der Waals surface area contributed by atoms with Gasteiger partial charge in [-0.25, -0.2) is 4.79 Å². The maximum absolute atomic E-state index is 12.1. The van der Waals surface area contributed by atoms with Crippen LogP contribution in [0.5, 0.6) is 0 Å². The summed E-state index contributed by atoms with van der Waals surface area (Å²) in [7, 11) is 1.46. The zero-order chi connectivity index (χ0) is 27.0. The van der Waals surface area contributed by atoms with E-state index in [4.69, 9.17) is 5.73 Å². The number of hydrogen-bond acceptors (Lipinski definition) is 5. The van der Waals surface area contributed by atoms with Crippen LogP contribution in [0.3, 0.4) is 0 Å². The van der Waals surface area contributed by atoms with Gasteiger partial charge in [-0.1, -0.05) is 84.0 Å². The van der Waals surface area contributed by atoms with Gasteiger partial charge in [0.25, 0.3) is 0 Å². The second-order valence-corrected chi connectivity index (χ2v) is 10.1. The first-order valence-corrected chi connectivity index (χ1v) is 14.3. The standard InChI is InChI=1S/C27H52BN3O5/c1-2-3-4-5-6-7-8-9-10-11-12-13-14-18-25(33)31-23(27(35)36)19-20-24(32)30-21-16-15-17-22(29)26(28)34/h22-23H,2-21,28-29H2,1H3,(H,30,32)(H,31,33)(H,35,36). The van der Waals surface area contributed by atoms with Crippen LogP contribution in [0.1, 0.15) is 129 Å². The summed E-state index contributed by atoms with van der Waals surface area (Å²) < 4.78 is 0. The second kappa shape index (κ2) is 23.5. The Balaban J connectivity index is 3.78. The number of carboxylic acids is 1. The predicted octanol–water partition coefficient (Wildman–Crippen LogP) is 3.59. The molecule has 208 valence electrons. The van der Waals surface area contributed by atoms with Crippen molar-refractivity contribution in [3.8, 4) is 0 Å². The minimum absolute atomic E-state index is 0.0307. The molecule has 5 N–H and O–H groups in total. The average Bonchev–Trinajstić information content (AvgIpc) is 2.83. The predicted molar refractivity (Wildman–Crippen MR) is 147 cm³/mol. The number of nitrogens with one attached hydrogen (secondary N) is 2. The molecule has 0 heterocycles. The van der Waals surface area contributed by atoms with Gasteiger partial charge in [-0.05, 0) is 32.1 Å². The first-order valence-electron chi connectivity index (χ1n) is 14.3. The van der Waals surface area contributed by atoms with Crippen molar-refractivity contribution in [2.24, 2.45) is 5.73 Å². The van der Waals surface area contributed by atoms with Gasteiger partial charge in [-0.15, -0.1) is 0 Å². The molecular formula is C27H52BN3O5. The van der Waals surface area contributed by atoms with E-state index in [2.05, 4.69) is 17.6 Å². The monoisotopic (exact) mass is 509 g/mol. The van der Waals surface area contributed by atoms with Gasteiger partial charge < -0.3 is 26.3 Å². The van der Waals surface area contributed by atoms with Gasteiger partial charge in [0.1, 0.15) is 6.04 Å². The molecule has 0 aromatic rings. The molecule has 0 bridgehead atoms. The van der Waals surface area contributed by atoms with Crippen LogP contribution in [0, 0.1) is 0 Å². The summed E-state index contributed by atoms with van der Waals surface area (Å²) in [4.78, 5) is 46.7. The molecule has 0 aliphatic carbocycles. The Labute approximate surface area is 219 Å². The molecule has 0 aliphatic heterocycles. The third-order valence-electron chi connectivity index (χ3n) is 6.59. The van der Waals surface area contributed by atoms with E-state index in [1.165, 1.54) is 72.1 Å². The van der Waals surface area contributed by atoms with Gasteiger partial charge >= 0.3 is 5.97 Å². The van der Waals surface area contributed by atoms with Crippen molar-refractivity contribution >= 4 is 31.3 Å². The summed E-state index contributed by atoms with van der Waals surface area (Å²) in [6.07, 6.45) is 18.4. The minimum Gasteiger partial charge on any atom is -0.480 e. The number of carbonyl (C=O) groups excluding carboxylic acids is 3. The Bertz CT molecular complexity index is 618. The fraction of sp³-hybridized carbons (Fsp3) is 0.852. The molecule has 2 atom stereocenters. The lowest BCUT2D eigenvalue weighted by molar-refractivity contribution is -0.142. The van der Waals surface area contributed by atoms with Crippen LogP contribution in [-0.4, -0.2) is 55.0 Å². The maximum Gasteiger partial charge on any atom is 0.326 e. The van der Waals surface area contributed by atoms with Crippen LogP contribution >= 0.6 is 0 Å². The molecule has 9 heteroatoms. The van der Waals surface area contributed by atoms with Gasteiger partial charge in [0.15, 0.2) is 7.85 Å². The van der Waals surface area contributed by atoms with Crippen LogP contribution in [0.4, 0.5) is 0 Å². The molecule has 8 nitrogen and oxygen atoms in total. The van der Waals surface area contributed by atoms with E-state index in [0.29, 0.717) is 25.8 Å². The summed E-state index contributed by atoms with van der Waals surface area (Å²) in [6.45, 7) is 2.69. The summed E-state index contributed by atoms with van der Waals surface area (Å²) >= 11 is 0. The van der Waals surface area contributed by atoms with Gasteiger partial charge in [-0.2, -0.15) is 0 Å². The molecule has 0 saturated carbocycles. The van der Waals surface area contributed by atoms with Crippen molar-refractivity contribution in [2.45, 2.75) is 141 Å². The normalized spacial score (nSPS) is 12.6. The Hall–Kier alpha value is -1.90. The van der Waals surface area contributed by atoms with E-state index in [1.54, 1.807) is 0 Å². The number of nitrogens with two attached hydrogens (primary N) is 1. The summed E-state index contributed by atoms with van der Waals surface area (Å²) in [5.74, 6) is -1.64. The molecule has 0 aromatic heterocycles. The topological polar surface area (TPSA) is 139 Å². The quantitative estimate of drug-likeness (QED) is 0.110. The lowest BCUT2D eigenvalue weighted by Crippen LogP contribution is -2.41. The Kier molecular flexibility index (Phi) is 22.3. The van der Waals surface area contributed by atoms with Crippen molar-refractivity contribution in [3.63, 3.8) is 0 Å². The number of amides is 2. The van der Waals surface area contributed by atoms with E-state index in [-0.39, 0.29) is 30.3 Å². The first-order chi connectivity index (χ1) is 17.3. The van der Waals surface area contributed by atoms with Crippen molar-refractivity contribution in [1.29, 1.82) is 0 Å². The highest BCUT2D eigenvalue weighted by molar-refractivity contribution is 6.59. The molecule has 0 spiro atoms. The number of aliphatic carboxylic acids is 1. The zero-order valence-corrected chi connectivity index (χ0v) is 23.0. The second-order valence-electron chi connectivity index (χ2n) is 10.1. The number of rotatable bonds is 25. The fourth-order valence-corrected chi connectivity index (χ4v) is 4.11. The molecule has 2 amide bonds. The van der Waals surface area contributed by atoms with E-state index in [1.807, 2.05) is 0 Å². The highest BCUT2D eigenvalue weighted by atomic mass is 16.4. The van der Waals surface area contributed by atoms with E-state index in [0.717, 1.165) is 25.7 Å². The maximum atomic E-state index is 12.1. The molecule has 0 rings (SSSR count). The van der Waals surface area contributed by atoms with Gasteiger partial charge in [0, 0.05) is 19.4 Å². The van der Waals surface area contributed by atoms with Gasteiger partial charge in [-0.3, -0.25) is 9.59 Å². The number of carbonyl (C=O) groups is 4. The largest absolute Gasteiger partial charge is 0.480 e. The zero-order valence-electron chi connectivity index (χ0n) is 23.0. The molecule has 0 saturated heterocycles.